The topological polar surface area (TPSA) is 9.23 Å². The molecule has 0 N–H and O–H groups in total. The zero-order valence-electron chi connectivity index (χ0n) is 13.7. The van der Waals surface area contributed by atoms with Crippen LogP contribution in [0.4, 0.5) is 0 Å². The Morgan fingerprint density at radius 3 is 1.80 bits per heavy atom. The van der Waals surface area contributed by atoms with Gasteiger partial charge in [-0.05, 0) is 18.9 Å². The van der Waals surface area contributed by atoms with E-state index in [1.807, 2.05) is 18.2 Å². The van der Waals surface area contributed by atoms with Crippen molar-refractivity contribution in [3.8, 4) is 0 Å². The van der Waals surface area contributed by atoms with Gasteiger partial charge in [0.15, 0.2) is 0 Å². The van der Waals surface area contributed by atoms with Crippen LogP contribution in [0.2, 0.25) is 0 Å². The molecule has 0 aromatic heterocycles. The van der Waals surface area contributed by atoms with Crippen LogP contribution in [0.5, 0.6) is 0 Å². The van der Waals surface area contributed by atoms with Crippen LogP contribution in [0.3, 0.4) is 0 Å². The minimum Gasteiger partial charge on any atom is -0.504 e. The number of hydrogen-bond donors (Lipinski definition) is 0. The third-order valence-electron chi connectivity index (χ3n) is 3.41. The standard InChI is InChI=1S/C19H34O/c1-3-4-5-6-7-8-9-10-11-12-13-14-15-16-17-18-19-20-2/h14-19H,3-13H2,1-2H3. The molecule has 0 saturated carbocycles. The first-order chi connectivity index (χ1) is 9.91. The van der Waals surface area contributed by atoms with Crippen molar-refractivity contribution in [3.05, 3.63) is 36.6 Å². The van der Waals surface area contributed by atoms with Crippen molar-refractivity contribution in [2.45, 2.75) is 77.6 Å². The number of methoxy groups -OCH3 is 1. The Kier molecular flexibility index (Phi) is 17.1. The molecule has 0 amide bonds. The molecule has 0 bridgehead atoms. The third kappa shape index (κ3) is 17.0. The molecular weight excluding hydrogens is 244 g/mol. The van der Waals surface area contributed by atoms with Gasteiger partial charge in [-0.15, -0.1) is 0 Å². The lowest BCUT2D eigenvalue weighted by atomic mass is 10.1. The molecule has 20 heavy (non-hydrogen) atoms. The van der Waals surface area contributed by atoms with Crippen LogP contribution < -0.4 is 0 Å². The SMILES string of the molecule is CCCCCCCCCCCCC=CC=CC=COC. The molecule has 0 aliphatic heterocycles. The van der Waals surface area contributed by atoms with E-state index in [2.05, 4.69) is 19.1 Å². The van der Waals surface area contributed by atoms with Crippen LogP contribution in [0.25, 0.3) is 0 Å². The summed E-state index contributed by atoms with van der Waals surface area (Å²) in [4.78, 5) is 0. The van der Waals surface area contributed by atoms with Crippen molar-refractivity contribution in [2.24, 2.45) is 0 Å². The summed E-state index contributed by atoms with van der Waals surface area (Å²) >= 11 is 0. The highest BCUT2D eigenvalue weighted by atomic mass is 16.5. The summed E-state index contributed by atoms with van der Waals surface area (Å²) in [7, 11) is 1.66. The highest BCUT2D eigenvalue weighted by molar-refractivity contribution is 5.09. The fourth-order valence-corrected chi connectivity index (χ4v) is 2.18. The van der Waals surface area contributed by atoms with Gasteiger partial charge >= 0.3 is 0 Å². The van der Waals surface area contributed by atoms with Gasteiger partial charge in [0.1, 0.15) is 0 Å². The predicted molar refractivity (Wildman–Crippen MR) is 90.9 cm³/mol. The van der Waals surface area contributed by atoms with E-state index < -0.39 is 0 Å². The molecule has 116 valence electrons. The average Bonchev–Trinajstić information content (AvgIpc) is 2.47. The van der Waals surface area contributed by atoms with Gasteiger partial charge < -0.3 is 4.74 Å². The summed E-state index contributed by atoms with van der Waals surface area (Å²) < 4.78 is 4.81. The highest BCUT2D eigenvalue weighted by Gasteiger charge is 1.91. The van der Waals surface area contributed by atoms with E-state index in [9.17, 15) is 0 Å². The lowest BCUT2D eigenvalue weighted by Crippen LogP contribution is -1.81. The quantitative estimate of drug-likeness (QED) is 0.198. The van der Waals surface area contributed by atoms with Gasteiger partial charge in [0.05, 0.1) is 13.4 Å². The summed E-state index contributed by atoms with van der Waals surface area (Å²) in [6.45, 7) is 2.28. The summed E-state index contributed by atoms with van der Waals surface area (Å²) in [5.74, 6) is 0. The molecule has 0 aromatic rings. The van der Waals surface area contributed by atoms with Crippen LogP contribution >= 0.6 is 0 Å². The maximum Gasteiger partial charge on any atom is 0.0824 e. The Labute approximate surface area is 126 Å². The van der Waals surface area contributed by atoms with Gasteiger partial charge in [-0.1, -0.05) is 89.0 Å². The maximum atomic E-state index is 4.81. The number of rotatable bonds is 14. The Bertz CT molecular complexity index is 250. The first-order valence-corrected chi connectivity index (χ1v) is 8.43. The summed E-state index contributed by atoms with van der Waals surface area (Å²) in [6.07, 6.45) is 27.3. The Hall–Kier alpha value is -0.980. The molecule has 0 aromatic carbocycles. The van der Waals surface area contributed by atoms with E-state index in [0.717, 1.165) is 0 Å². The molecule has 0 spiro atoms. The first-order valence-electron chi connectivity index (χ1n) is 8.43. The molecule has 0 saturated heterocycles. The molecule has 0 atom stereocenters. The minimum atomic E-state index is 1.20. The molecule has 0 aliphatic carbocycles. The monoisotopic (exact) mass is 278 g/mol. The van der Waals surface area contributed by atoms with Gasteiger partial charge in [0, 0.05) is 0 Å². The van der Waals surface area contributed by atoms with Gasteiger partial charge in [0.25, 0.3) is 0 Å². The second-order valence-electron chi connectivity index (χ2n) is 5.35. The second-order valence-corrected chi connectivity index (χ2v) is 5.35. The number of unbranched alkanes of at least 4 members (excludes halogenated alkanes) is 10. The Morgan fingerprint density at radius 1 is 0.650 bits per heavy atom. The van der Waals surface area contributed by atoms with Crippen molar-refractivity contribution >= 4 is 0 Å². The molecule has 0 radical (unpaired) electrons. The highest BCUT2D eigenvalue weighted by Crippen LogP contribution is 2.11. The van der Waals surface area contributed by atoms with E-state index in [0.29, 0.717) is 0 Å². The van der Waals surface area contributed by atoms with Crippen LogP contribution in [0.15, 0.2) is 36.6 Å². The van der Waals surface area contributed by atoms with Crippen LogP contribution in [0, 0.1) is 0 Å². The molecule has 0 unspecified atom stereocenters. The number of hydrogen-bond acceptors (Lipinski definition) is 1. The normalized spacial score (nSPS) is 12.1. The van der Waals surface area contributed by atoms with Crippen molar-refractivity contribution in [1.82, 2.24) is 0 Å². The van der Waals surface area contributed by atoms with Gasteiger partial charge in [-0.2, -0.15) is 0 Å². The molecule has 0 rings (SSSR count). The Morgan fingerprint density at radius 2 is 1.20 bits per heavy atom. The minimum absolute atomic E-state index is 1.20. The van der Waals surface area contributed by atoms with Gasteiger partial charge in [-0.3, -0.25) is 0 Å². The second kappa shape index (κ2) is 18.0. The maximum absolute atomic E-state index is 4.81. The van der Waals surface area contributed by atoms with Crippen molar-refractivity contribution in [1.29, 1.82) is 0 Å². The molecule has 0 aliphatic rings. The van der Waals surface area contributed by atoms with E-state index in [-0.39, 0.29) is 0 Å². The zero-order valence-corrected chi connectivity index (χ0v) is 13.7. The largest absolute Gasteiger partial charge is 0.504 e. The van der Waals surface area contributed by atoms with Crippen molar-refractivity contribution in [3.63, 3.8) is 0 Å². The fraction of sp³-hybridized carbons (Fsp3) is 0.684. The van der Waals surface area contributed by atoms with Crippen molar-refractivity contribution < 1.29 is 4.74 Å². The molecular formula is C19H34O. The smallest absolute Gasteiger partial charge is 0.0824 e. The third-order valence-corrected chi connectivity index (χ3v) is 3.41. The van der Waals surface area contributed by atoms with E-state index in [1.165, 1.54) is 70.6 Å². The predicted octanol–water partition coefficient (Wildman–Crippen LogP) is 6.57. The molecule has 0 heterocycles. The number of ether oxygens (including phenoxy) is 1. The number of allylic oxidation sites excluding steroid dienone is 5. The summed E-state index contributed by atoms with van der Waals surface area (Å²) in [5.41, 5.74) is 0. The summed E-state index contributed by atoms with van der Waals surface area (Å²) in [6, 6.07) is 0. The first kappa shape index (κ1) is 19.0. The lowest BCUT2D eigenvalue weighted by molar-refractivity contribution is 0.338. The zero-order chi connectivity index (χ0) is 14.7. The molecule has 1 heteroatoms. The van der Waals surface area contributed by atoms with Crippen LogP contribution in [0.1, 0.15) is 77.6 Å². The van der Waals surface area contributed by atoms with E-state index >= 15 is 0 Å². The van der Waals surface area contributed by atoms with Crippen molar-refractivity contribution in [2.75, 3.05) is 7.11 Å². The average molecular weight is 278 g/mol. The fourth-order valence-electron chi connectivity index (χ4n) is 2.18. The summed E-state index contributed by atoms with van der Waals surface area (Å²) in [5, 5.41) is 0. The lowest BCUT2D eigenvalue weighted by Gasteiger charge is -2.01. The molecule has 1 nitrogen and oxygen atoms in total. The Balaban J connectivity index is 3.14. The van der Waals surface area contributed by atoms with Gasteiger partial charge in [0.2, 0.25) is 0 Å². The molecule has 0 fully saturated rings. The van der Waals surface area contributed by atoms with Crippen LogP contribution in [-0.4, -0.2) is 7.11 Å². The van der Waals surface area contributed by atoms with Gasteiger partial charge in [-0.25, -0.2) is 0 Å². The van der Waals surface area contributed by atoms with E-state index in [1.54, 1.807) is 13.4 Å². The van der Waals surface area contributed by atoms with E-state index in [4.69, 9.17) is 4.74 Å². The van der Waals surface area contributed by atoms with Crippen LogP contribution in [-0.2, 0) is 4.74 Å².